The second-order valence-corrected chi connectivity index (χ2v) is 9.22. The minimum atomic E-state index is -5.13. The lowest BCUT2D eigenvalue weighted by Crippen LogP contribution is -2.39. The van der Waals surface area contributed by atoms with E-state index >= 15 is 0 Å². The predicted molar refractivity (Wildman–Crippen MR) is 114 cm³/mol. The zero-order chi connectivity index (χ0) is 21.6. The highest BCUT2D eigenvalue weighted by atomic mass is 35.5. The molecule has 0 saturated carbocycles. The number of aromatic hydroxyl groups is 2. The van der Waals surface area contributed by atoms with E-state index in [-0.39, 0.29) is 36.8 Å². The average molecular weight is 494 g/mol. The average Bonchev–Trinajstić information content (AvgIpc) is 2.63. The van der Waals surface area contributed by atoms with Gasteiger partial charge in [0.15, 0.2) is 4.75 Å². The summed E-state index contributed by atoms with van der Waals surface area (Å²) in [7, 11) is -5.13. The van der Waals surface area contributed by atoms with Gasteiger partial charge in [0.1, 0.15) is 11.5 Å². The Labute approximate surface area is 186 Å². The molecule has 5 nitrogen and oxygen atoms in total. The first-order valence-electron chi connectivity index (χ1n) is 7.90. The van der Waals surface area contributed by atoms with Crippen LogP contribution < -0.4 is 0 Å². The van der Waals surface area contributed by atoms with Gasteiger partial charge in [-0.3, -0.25) is 4.55 Å². The van der Waals surface area contributed by atoms with Crippen molar-refractivity contribution in [2.75, 3.05) is 0 Å². The molecule has 0 aromatic heterocycles. The number of halogens is 4. The standard InChI is InChI=1S/C19H12Cl4O5S/c20-13-6-2-1-4-10(13)19(29(26,27)28,11-5-3-7-14(21)18(11)23)12-8-15(22)17(25)9-16(12)24/h1-9,24-25H,(H,26,27,28). The molecule has 0 aliphatic carbocycles. The zero-order valence-electron chi connectivity index (χ0n) is 14.3. The van der Waals surface area contributed by atoms with Crippen LogP contribution in [0.25, 0.3) is 0 Å². The third kappa shape index (κ3) is 3.54. The van der Waals surface area contributed by atoms with Gasteiger partial charge < -0.3 is 10.2 Å². The molecule has 3 rings (SSSR count). The molecule has 0 amide bonds. The molecule has 152 valence electrons. The Balaban J connectivity index is 2.66. The summed E-state index contributed by atoms with van der Waals surface area (Å²) >= 11 is 24.8. The van der Waals surface area contributed by atoms with Crippen LogP contribution in [-0.2, 0) is 14.9 Å². The zero-order valence-corrected chi connectivity index (χ0v) is 18.1. The summed E-state index contributed by atoms with van der Waals surface area (Å²) < 4.78 is 34.0. The van der Waals surface area contributed by atoms with Crippen LogP contribution in [0.1, 0.15) is 16.7 Å². The summed E-state index contributed by atoms with van der Waals surface area (Å²) in [5.41, 5.74) is -0.648. The SMILES string of the molecule is O=S(=O)(O)C(c1cc(Cl)c(O)cc1O)(c1ccccc1Cl)c1cccc(Cl)c1Cl. The molecule has 0 aliphatic rings. The van der Waals surface area contributed by atoms with E-state index in [4.69, 9.17) is 46.4 Å². The quantitative estimate of drug-likeness (QED) is 0.311. The molecule has 10 heteroatoms. The maximum Gasteiger partial charge on any atom is 0.283 e. The van der Waals surface area contributed by atoms with Crippen molar-refractivity contribution < 1.29 is 23.2 Å². The maximum absolute atomic E-state index is 13.0. The molecule has 0 fully saturated rings. The van der Waals surface area contributed by atoms with Gasteiger partial charge in [0.25, 0.3) is 10.1 Å². The van der Waals surface area contributed by atoms with Crippen molar-refractivity contribution in [2.24, 2.45) is 0 Å². The van der Waals surface area contributed by atoms with Gasteiger partial charge in [0, 0.05) is 27.8 Å². The van der Waals surface area contributed by atoms with Crippen molar-refractivity contribution in [3.8, 4) is 11.5 Å². The normalized spacial score (nSPS) is 13.8. The first kappa shape index (κ1) is 22.0. The summed E-state index contributed by atoms with van der Waals surface area (Å²) in [6, 6.07) is 11.9. The summed E-state index contributed by atoms with van der Waals surface area (Å²) in [4.78, 5) is 0. The molecular formula is C19H12Cl4O5S. The van der Waals surface area contributed by atoms with E-state index in [9.17, 15) is 23.2 Å². The third-order valence-electron chi connectivity index (χ3n) is 4.42. The van der Waals surface area contributed by atoms with Gasteiger partial charge >= 0.3 is 0 Å². The van der Waals surface area contributed by atoms with Crippen LogP contribution >= 0.6 is 46.4 Å². The topological polar surface area (TPSA) is 94.8 Å². The van der Waals surface area contributed by atoms with Crippen LogP contribution in [0, 0.1) is 0 Å². The van der Waals surface area contributed by atoms with E-state index in [1.165, 1.54) is 36.4 Å². The van der Waals surface area contributed by atoms with Crippen LogP contribution in [0.4, 0.5) is 0 Å². The molecule has 0 heterocycles. The Morgan fingerprint density at radius 1 is 0.690 bits per heavy atom. The summed E-state index contributed by atoms with van der Waals surface area (Å²) in [6.45, 7) is 0. The van der Waals surface area contributed by atoms with Crippen molar-refractivity contribution in [1.82, 2.24) is 0 Å². The van der Waals surface area contributed by atoms with Gasteiger partial charge in [0.2, 0.25) is 0 Å². The molecule has 1 atom stereocenters. The van der Waals surface area contributed by atoms with Crippen molar-refractivity contribution in [1.29, 1.82) is 0 Å². The lowest BCUT2D eigenvalue weighted by Gasteiger charge is -2.34. The molecule has 3 aromatic rings. The molecule has 0 bridgehead atoms. The first-order valence-corrected chi connectivity index (χ1v) is 10.9. The first-order chi connectivity index (χ1) is 13.5. The highest BCUT2D eigenvalue weighted by molar-refractivity contribution is 7.87. The smallest absolute Gasteiger partial charge is 0.283 e. The summed E-state index contributed by atoms with van der Waals surface area (Å²) in [6.07, 6.45) is 0. The van der Waals surface area contributed by atoms with Gasteiger partial charge in [-0.1, -0.05) is 76.7 Å². The molecule has 0 spiro atoms. The molecule has 0 radical (unpaired) electrons. The highest BCUT2D eigenvalue weighted by Crippen LogP contribution is 2.53. The molecule has 29 heavy (non-hydrogen) atoms. The van der Waals surface area contributed by atoms with Gasteiger partial charge in [-0.05, 0) is 18.2 Å². The van der Waals surface area contributed by atoms with E-state index < -0.39 is 26.4 Å². The largest absolute Gasteiger partial charge is 0.507 e. The summed E-state index contributed by atoms with van der Waals surface area (Å²) in [5, 5.41) is 19.9. The van der Waals surface area contributed by atoms with Gasteiger partial charge in [-0.2, -0.15) is 8.42 Å². The monoisotopic (exact) mass is 492 g/mol. The minimum absolute atomic E-state index is 0.00797. The van der Waals surface area contributed by atoms with Gasteiger partial charge in [0.05, 0.1) is 15.1 Å². The predicted octanol–water partition coefficient (Wildman–Crippen LogP) is 5.89. The number of phenolic OH excluding ortho intramolecular Hbond substituents is 2. The molecule has 0 saturated heterocycles. The van der Waals surface area contributed by atoms with E-state index in [0.29, 0.717) is 0 Å². The fraction of sp³-hybridized carbons (Fsp3) is 0.0526. The number of phenols is 2. The molecular weight excluding hydrogens is 482 g/mol. The van der Waals surface area contributed by atoms with Crippen molar-refractivity contribution >= 4 is 56.5 Å². The fourth-order valence-corrected chi connectivity index (χ4v) is 5.55. The van der Waals surface area contributed by atoms with Crippen molar-refractivity contribution in [3.05, 3.63) is 91.4 Å². The van der Waals surface area contributed by atoms with Gasteiger partial charge in [-0.25, -0.2) is 0 Å². The Hall–Kier alpha value is -1.67. The van der Waals surface area contributed by atoms with Gasteiger partial charge in [-0.15, -0.1) is 0 Å². The second-order valence-electron chi connectivity index (χ2n) is 6.06. The maximum atomic E-state index is 13.0. The van der Waals surface area contributed by atoms with Crippen LogP contribution in [0.5, 0.6) is 11.5 Å². The Kier molecular flexibility index (Phi) is 5.98. The van der Waals surface area contributed by atoms with Crippen LogP contribution in [0.3, 0.4) is 0 Å². The Morgan fingerprint density at radius 2 is 1.28 bits per heavy atom. The highest BCUT2D eigenvalue weighted by Gasteiger charge is 2.52. The van der Waals surface area contributed by atoms with Crippen LogP contribution in [0.15, 0.2) is 54.6 Å². The molecule has 3 N–H and O–H groups in total. The minimum Gasteiger partial charge on any atom is -0.507 e. The third-order valence-corrected chi connectivity index (χ3v) is 7.30. The number of rotatable bonds is 4. The van der Waals surface area contributed by atoms with E-state index in [1.54, 1.807) is 6.07 Å². The van der Waals surface area contributed by atoms with Crippen LogP contribution in [0.2, 0.25) is 20.1 Å². The van der Waals surface area contributed by atoms with Crippen LogP contribution in [-0.4, -0.2) is 23.2 Å². The summed E-state index contributed by atoms with van der Waals surface area (Å²) in [5.74, 6) is -1.16. The van der Waals surface area contributed by atoms with E-state index in [2.05, 4.69) is 0 Å². The van der Waals surface area contributed by atoms with Crippen molar-refractivity contribution in [2.45, 2.75) is 4.75 Å². The molecule has 0 aliphatic heterocycles. The van der Waals surface area contributed by atoms with E-state index in [1.807, 2.05) is 0 Å². The lowest BCUT2D eigenvalue weighted by molar-refractivity contribution is 0.431. The molecule has 1 unspecified atom stereocenters. The van der Waals surface area contributed by atoms with E-state index in [0.717, 1.165) is 12.1 Å². The number of hydrogen-bond donors (Lipinski definition) is 3. The number of hydrogen-bond acceptors (Lipinski definition) is 4. The Bertz CT molecular complexity index is 1210. The lowest BCUT2D eigenvalue weighted by atomic mass is 9.83. The van der Waals surface area contributed by atoms with Crippen molar-refractivity contribution in [3.63, 3.8) is 0 Å². The number of benzene rings is 3. The molecule has 3 aromatic carbocycles. The second kappa shape index (κ2) is 7.87. The fourth-order valence-electron chi connectivity index (χ4n) is 3.21. The Morgan fingerprint density at radius 3 is 1.90 bits per heavy atom.